The second-order valence-electron chi connectivity index (χ2n) is 4.60. The maximum absolute atomic E-state index is 12.5. The summed E-state index contributed by atoms with van der Waals surface area (Å²) in [6, 6.07) is 11.7. The molecule has 0 spiro atoms. The summed E-state index contributed by atoms with van der Waals surface area (Å²) in [5, 5.41) is 3.58. The van der Waals surface area contributed by atoms with Gasteiger partial charge in [0, 0.05) is 23.8 Å². The molecule has 2 aromatic carbocycles. The lowest BCUT2D eigenvalue weighted by molar-refractivity contribution is 0.257. The highest BCUT2D eigenvalue weighted by atomic mass is 35.5. The first-order valence-electron chi connectivity index (χ1n) is 6.78. The van der Waals surface area contributed by atoms with Crippen LogP contribution in [0.25, 0.3) is 0 Å². The predicted octanol–water partition coefficient (Wildman–Crippen LogP) is 5.28. The van der Waals surface area contributed by atoms with E-state index in [1.54, 1.807) is 49.6 Å². The second-order valence-corrected chi connectivity index (χ2v) is 5.79. The molecule has 1 N–H and O–H groups in total. The lowest BCUT2D eigenvalue weighted by Gasteiger charge is -2.22. The smallest absolute Gasteiger partial charge is 0.326 e. The van der Waals surface area contributed by atoms with Crippen LogP contribution in [0.3, 0.4) is 0 Å². The molecule has 0 saturated carbocycles. The molecule has 0 aliphatic rings. The van der Waals surface area contributed by atoms with E-state index in [0.717, 1.165) is 0 Å². The third kappa shape index (κ3) is 4.67. The van der Waals surface area contributed by atoms with Crippen LogP contribution in [0.15, 0.2) is 42.5 Å². The summed E-state index contributed by atoms with van der Waals surface area (Å²) in [5.41, 5.74) is 1.27. The molecular formula is C16H15Cl3N2O2. The normalized spacial score (nSPS) is 10.3. The van der Waals surface area contributed by atoms with E-state index in [4.69, 9.17) is 39.5 Å². The van der Waals surface area contributed by atoms with Crippen LogP contribution in [-0.2, 0) is 0 Å². The molecule has 0 heterocycles. The highest BCUT2D eigenvalue weighted by Gasteiger charge is 2.16. The fourth-order valence-corrected chi connectivity index (χ4v) is 2.43. The van der Waals surface area contributed by atoms with Crippen molar-refractivity contribution in [3.63, 3.8) is 0 Å². The van der Waals surface area contributed by atoms with Gasteiger partial charge in [-0.25, -0.2) is 4.79 Å². The number of carbonyl (C=O) groups excluding carboxylic acids is 1. The molecule has 4 nitrogen and oxygen atoms in total. The van der Waals surface area contributed by atoms with Crippen LogP contribution >= 0.6 is 34.8 Å². The molecule has 0 aliphatic carbocycles. The van der Waals surface area contributed by atoms with Gasteiger partial charge in [0.2, 0.25) is 0 Å². The molecule has 0 atom stereocenters. The fraction of sp³-hybridized carbons (Fsp3) is 0.188. The van der Waals surface area contributed by atoms with Gasteiger partial charge in [0.25, 0.3) is 0 Å². The Labute approximate surface area is 149 Å². The number of ether oxygens (including phenoxy) is 1. The molecule has 7 heteroatoms. The maximum Gasteiger partial charge on any atom is 0.326 e. The fourth-order valence-electron chi connectivity index (χ4n) is 1.96. The monoisotopic (exact) mass is 372 g/mol. The summed E-state index contributed by atoms with van der Waals surface area (Å²) >= 11 is 17.6. The molecule has 0 fully saturated rings. The first-order valence-corrected chi connectivity index (χ1v) is 8.08. The van der Waals surface area contributed by atoms with Crippen molar-refractivity contribution in [1.82, 2.24) is 0 Å². The van der Waals surface area contributed by atoms with Crippen LogP contribution in [0.2, 0.25) is 10.0 Å². The van der Waals surface area contributed by atoms with Gasteiger partial charge in [0.1, 0.15) is 5.75 Å². The third-order valence-electron chi connectivity index (χ3n) is 3.11. The average molecular weight is 374 g/mol. The molecule has 2 rings (SSSR count). The van der Waals surface area contributed by atoms with Gasteiger partial charge in [-0.2, -0.15) is 0 Å². The predicted molar refractivity (Wildman–Crippen MR) is 96.5 cm³/mol. The van der Waals surface area contributed by atoms with Crippen LogP contribution < -0.4 is 15.0 Å². The second kappa shape index (κ2) is 8.29. The van der Waals surface area contributed by atoms with Crippen LogP contribution in [0, 0.1) is 0 Å². The number of halogens is 3. The number of benzene rings is 2. The van der Waals surface area contributed by atoms with E-state index in [-0.39, 0.29) is 6.03 Å². The standard InChI is InChI=1S/C16H15Cl3N2O2/c1-23-13-5-3-12(4-6-13)21(9-8-17)16(22)20-11-2-7-14(18)15(19)10-11/h2-7,10H,8-9H2,1H3,(H,20,22). The van der Waals surface area contributed by atoms with E-state index in [9.17, 15) is 4.79 Å². The van der Waals surface area contributed by atoms with Gasteiger partial charge in [0.15, 0.2) is 0 Å². The van der Waals surface area contributed by atoms with Gasteiger partial charge in [-0.15, -0.1) is 11.6 Å². The minimum absolute atomic E-state index is 0.306. The number of hydrogen-bond donors (Lipinski definition) is 1. The largest absolute Gasteiger partial charge is 0.497 e. The molecule has 2 amide bonds. The molecule has 0 saturated heterocycles. The van der Waals surface area contributed by atoms with Gasteiger partial charge in [0.05, 0.1) is 17.2 Å². The first kappa shape index (κ1) is 17.7. The highest BCUT2D eigenvalue weighted by Crippen LogP contribution is 2.26. The Morgan fingerprint density at radius 3 is 2.39 bits per heavy atom. The van der Waals surface area contributed by atoms with Gasteiger partial charge in [-0.05, 0) is 42.5 Å². The molecule has 0 radical (unpaired) electrons. The Balaban J connectivity index is 2.18. The number of methoxy groups -OCH3 is 1. The molecule has 122 valence electrons. The van der Waals surface area contributed by atoms with E-state index in [1.807, 2.05) is 0 Å². The number of nitrogens with zero attached hydrogens (tertiary/aromatic N) is 1. The summed E-state index contributed by atoms with van der Waals surface area (Å²) in [6.07, 6.45) is 0. The number of alkyl halides is 1. The quantitative estimate of drug-likeness (QED) is 0.724. The maximum atomic E-state index is 12.5. The Hall–Kier alpha value is -1.62. The van der Waals surface area contributed by atoms with Crippen LogP contribution in [0.1, 0.15) is 0 Å². The van der Waals surface area contributed by atoms with Crippen molar-refractivity contribution in [2.45, 2.75) is 0 Å². The van der Waals surface area contributed by atoms with Crippen molar-refractivity contribution < 1.29 is 9.53 Å². The summed E-state index contributed by atoms with van der Waals surface area (Å²) in [7, 11) is 1.59. The number of amides is 2. The lowest BCUT2D eigenvalue weighted by Crippen LogP contribution is -2.36. The number of anilines is 2. The number of hydrogen-bond acceptors (Lipinski definition) is 2. The number of carbonyl (C=O) groups is 1. The van der Waals surface area contributed by atoms with E-state index in [0.29, 0.717) is 39.6 Å². The van der Waals surface area contributed by atoms with Crippen LogP contribution in [0.4, 0.5) is 16.2 Å². The van der Waals surface area contributed by atoms with E-state index >= 15 is 0 Å². The minimum Gasteiger partial charge on any atom is -0.497 e. The molecular weight excluding hydrogens is 359 g/mol. The SMILES string of the molecule is COc1ccc(N(CCCl)C(=O)Nc2ccc(Cl)c(Cl)c2)cc1. The van der Waals surface area contributed by atoms with Crippen molar-refractivity contribution in [2.75, 3.05) is 29.8 Å². The number of rotatable bonds is 5. The Morgan fingerprint density at radius 2 is 1.83 bits per heavy atom. The number of urea groups is 1. The summed E-state index contributed by atoms with van der Waals surface area (Å²) < 4.78 is 5.12. The average Bonchev–Trinajstić information content (AvgIpc) is 2.56. The first-order chi connectivity index (χ1) is 11.0. The van der Waals surface area contributed by atoms with Gasteiger partial charge in [-0.1, -0.05) is 23.2 Å². The molecule has 0 bridgehead atoms. The van der Waals surface area contributed by atoms with Crippen molar-refractivity contribution in [2.24, 2.45) is 0 Å². The lowest BCUT2D eigenvalue weighted by atomic mass is 10.2. The topological polar surface area (TPSA) is 41.6 Å². The Kier molecular flexibility index (Phi) is 6.39. The zero-order valence-corrected chi connectivity index (χ0v) is 14.6. The number of nitrogens with one attached hydrogen (secondary N) is 1. The molecule has 0 aliphatic heterocycles. The van der Waals surface area contributed by atoms with Crippen molar-refractivity contribution in [3.05, 3.63) is 52.5 Å². The van der Waals surface area contributed by atoms with E-state index in [1.165, 1.54) is 4.90 Å². The third-order valence-corrected chi connectivity index (χ3v) is 4.02. The van der Waals surface area contributed by atoms with Crippen molar-refractivity contribution in [3.8, 4) is 5.75 Å². The van der Waals surface area contributed by atoms with E-state index in [2.05, 4.69) is 5.32 Å². The zero-order chi connectivity index (χ0) is 16.8. The van der Waals surface area contributed by atoms with Crippen LogP contribution in [-0.4, -0.2) is 25.6 Å². The molecule has 23 heavy (non-hydrogen) atoms. The van der Waals surface area contributed by atoms with E-state index < -0.39 is 0 Å². The van der Waals surface area contributed by atoms with Crippen LogP contribution in [0.5, 0.6) is 5.75 Å². The summed E-state index contributed by atoms with van der Waals surface area (Å²) in [6.45, 7) is 0.362. The Bertz CT molecular complexity index is 678. The zero-order valence-electron chi connectivity index (χ0n) is 12.4. The van der Waals surface area contributed by atoms with Gasteiger partial charge in [-0.3, -0.25) is 4.90 Å². The van der Waals surface area contributed by atoms with Crippen molar-refractivity contribution >= 4 is 52.2 Å². The highest BCUT2D eigenvalue weighted by molar-refractivity contribution is 6.42. The summed E-state index contributed by atoms with van der Waals surface area (Å²) in [5.74, 6) is 1.02. The summed E-state index contributed by atoms with van der Waals surface area (Å²) in [4.78, 5) is 14.0. The minimum atomic E-state index is -0.311. The molecule has 2 aromatic rings. The van der Waals surface area contributed by atoms with Crippen molar-refractivity contribution in [1.29, 1.82) is 0 Å². The molecule has 0 aromatic heterocycles. The van der Waals surface area contributed by atoms with Gasteiger partial charge < -0.3 is 10.1 Å². The Morgan fingerprint density at radius 1 is 1.13 bits per heavy atom. The van der Waals surface area contributed by atoms with Gasteiger partial charge >= 0.3 is 6.03 Å². The molecule has 0 unspecified atom stereocenters.